The maximum atomic E-state index is 12.3. The summed E-state index contributed by atoms with van der Waals surface area (Å²) in [4.78, 5) is 32.5. The molecule has 0 bridgehead atoms. The Kier molecular flexibility index (Phi) is 9.19. The number of benzene rings is 1. The molecule has 3 rings (SSSR count). The number of halogens is 1. The van der Waals surface area contributed by atoms with E-state index in [1.54, 1.807) is 7.05 Å². The van der Waals surface area contributed by atoms with Crippen molar-refractivity contribution in [2.75, 3.05) is 45.7 Å². The zero-order chi connectivity index (χ0) is 20.8. The van der Waals surface area contributed by atoms with Gasteiger partial charge in [0.15, 0.2) is 5.96 Å². The lowest BCUT2D eigenvalue weighted by atomic mass is 9.99. The number of ether oxygens (including phenoxy) is 1. The lowest BCUT2D eigenvalue weighted by Crippen LogP contribution is -2.40. The summed E-state index contributed by atoms with van der Waals surface area (Å²) in [5, 5.41) is 6.34. The van der Waals surface area contributed by atoms with Crippen LogP contribution in [0, 0.1) is 11.8 Å². The van der Waals surface area contributed by atoms with Crippen LogP contribution < -0.4 is 10.6 Å². The molecule has 2 amide bonds. The first-order valence-corrected chi connectivity index (χ1v) is 10.2. The minimum atomic E-state index is -0.170. The molecule has 0 radical (unpaired) electrons. The highest BCUT2D eigenvalue weighted by Crippen LogP contribution is 2.24. The first-order chi connectivity index (χ1) is 14.0. The number of aliphatic imine (C=N–C) groups is 1. The summed E-state index contributed by atoms with van der Waals surface area (Å²) >= 11 is 0. The molecule has 30 heavy (non-hydrogen) atoms. The zero-order valence-corrected chi connectivity index (χ0v) is 20.2. The third-order valence-corrected chi connectivity index (χ3v) is 5.65. The number of carbonyl (C=O) groups excluding carboxylic acids is 2. The number of urea groups is 1. The second-order valence-electron chi connectivity index (χ2n) is 7.74. The van der Waals surface area contributed by atoms with Gasteiger partial charge in [0.1, 0.15) is 0 Å². The van der Waals surface area contributed by atoms with Crippen LogP contribution in [0.2, 0.25) is 0 Å². The number of methoxy groups -OCH3 is 1. The van der Waals surface area contributed by atoms with Crippen LogP contribution in [0.25, 0.3) is 0 Å². The molecule has 2 heterocycles. The van der Waals surface area contributed by atoms with Crippen LogP contribution in [0.3, 0.4) is 0 Å². The van der Waals surface area contributed by atoms with Crippen LogP contribution in [0.1, 0.15) is 25.3 Å². The van der Waals surface area contributed by atoms with E-state index in [9.17, 15) is 9.59 Å². The molecule has 2 atom stereocenters. The van der Waals surface area contributed by atoms with Crippen molar-refractivity contribution in [2.24, 2.45) is 16.8 Å². The molecule has 2 unspecified atom stereocenters. The number of hydrogen-bond acceptors (Lipinski definition) is 4. The third kappa shape index (κ3) is 5.99. The van der Waals surface area contributed by atoms with E-state index in [1.807, 2.05) is 29.2 Å². The van der Waals surface area contributed by atoms with E-state index >= 15 is 0 Å². The second-order valence-corrected chi connectivity index (χ2v) is 7.74. The van der Waals surface area contributed by atoms with Gasteiger partial charge in [-0.15, -0.1) is 24.0 Å². The molecule has 2 N–H and O–H groups in total. The summed E-state index contributed by atoms with van der Waals surface area (Å²) in [6, 6.07) is 7.77. The van der Waals surface area contributed by atoms with Gasteiger partial charge in [0.2, 0.25) is 0 Å². The Morgan fingerprint density at radius 2 is 1.93 bits per heavy atom. The van der Waals surface area contributed by atoms with Crippen LogP contribution in [-0.4, -0.2) is 68.1 Å². The Balaban J connectivity index is 0.00000320. The van der Waals surface area contributed by atoms with Crippen molar-refractivity contribution in [1.29, 1.82) is 0 Å². The van der Waals surface area contributed by atoms with Crippen molar-refractivity contribution < 1.29 is 14.3 Å². The van der Waals surface area contributed by atoms with Crippen LogP contribution in [0.15, 0.2) is 29.3 Å². The van der Waals surface area contributed by atoms with Gasteiger partial charge in [0.05, 0.1) is 13.0 Å². The van der Waals surface area contributed by atoms with Gasteiger partial charge in [-0.1, -0.05) is 19.1 Å². The smallest absolute Gasteiger partial charge is 0.321 e. The van der Waals surface area contributed by atoms with Gasteiger partial charge in [0, 0.05) is 45.5 Å². The zero-order valence-electron chi connectivity index (χ0n) is 17.9. The monoisotopic (exact) mass is 529 g/mol. The van der Waals surface area contributed by atoms with E-state index in [0.717, 1.165) is 49.7 Å². The molecular formula is C21H32IN5O3. The van der Waals surface area contributed by atoms with Crippen molar-refractivity contribution in [3.8, 4) is 0 Å². The summed E-state index contributed by atoms with van der Waals surface area (Å²) in [6.07, 6.45) is 2.14. The average molecular weight is 529 g/mol. The highest BCUT2D eigenvalue weighted by Gasteiger charge is 2.36. The predicted molar refractivity (Wildman–Crippen MR) is 128 cm³/mol. The fourth-order valence-corrected chi connectivity index (χ4v) is 3.99. The number of nitrogens with one attached hydrogen (secondary N) is 2. The van der Waals surface area contributed by atoms with Gasteiger partial charge < -0.3 is 25.2 Å². The summed E-state index contributed by atoms with van der Waals surface area (Å²) in [5.74, 6) is 0.666. The largest absolute Gasteiger partial charge is 0.469 e. The van der Waals surface area contributed by atoms with Gasteiger partial charge in [-0.3, -0.25) is 9.79 Å². The van der Waals surface area contributed by atoms with Crippen molar-refractivity contribution in [2.45, 2.75) is 26.3 Å². The molecule has 2 saturated heterocycles. The first-order valence-electron chi connectivity index (χ1n) is 10.2. The molecule has 2 aliphatic heterocycles. The molecular weight excluding hydrogens is 497 g/mol. The van der Waals surface area contributed by atoms with Crippen molar-refractivity contribution in [3.05, 3.63) is 29.8 Å². The Morgan fingerprint density at radius 3 is 2.60 bits per heavy atom. The minimum Gasteiger partial charge on any atom is -0.469 e. The van der Waals surface area contributed by atoms with Gasteiger partial charge in [-0.2, -0.15) is 0 Å². The Morgan fingerprint density at radius 1 is 1.20 bits per heavy atom. The van der Waals surface area contributed by atoms with Gasteiger partial charge in [0.25, 0.3) is 0 Å². The summed E-state index contributed by atoms with van der Waals surface area (Å²) in [6.45, 7) is 5.63. The van der Waals surface area contributed by atoms with Gasteiger partial charge >= 0.3 is 12.0 Å². The predicted octanol–water partition coefficient (Wildman–Crippen LogP) is 2.75. The summed E-state index contributed by atoms with van der Waals surface area (Å²) in [5.41, 5.74) is 1.83. The van der Waals surface area contributed by atoms with Crippen LogP contribution in [0.4, 0.5) is 10.5 Å². The molecule has 166 valence electrons. The van der Waals surface area contributed by atoms with E-state index < -0.39 is 0 Å². The highest BCUT2D eigenvalue weighted by atomic mass is 127. The normalized spacial score (nSPS) is 21.2. The van der Waals surface area contributed by atoms with Crippen molar-refractivity contribution >= 4 is 47.6 Å². The van der Waals surface area contributed by atoms with E-state index in [4.69, 9.17) is 4.74 Å². The van der Waals surface area contributed by atoms with Crippen LogP contribution in [0.5, 0.6) is 0 Å². The number of guanidine groups is 1. The standard InChI is InChI=1S/C21H31N5O3.HI/c1-15-13-26(14-18(15)19(27)29-3)20(22-2)23-12-16-7-6-8-17(11-16)24-21(28)25-9-4-5-10-25;/h6-8,11,15,18H,4-5,9-10,12-14H2,1-3H3,(H,22,23)(H,24,28);1H. The van der Waals surface area contributed by atoms with Gasteiger partial charge in [-0.25, -0.2) is 4.79 Å². The number of amides is 2. The molecule has 0 saturated carbocycles. The lowest BCUT2D eigenvalue weighted by Gasteiger charge is -2.22. The Bertz CT molecular complexity index is 767. The molecule has 9 heteroatoms. The maximum Gasteiger partial charge on any atom is 0.321 e. The van der Waals surface area contributed by atoms with Crippen LogP contribution >= 0.6 is 24.0 Å². The lowest BCUT2D eigenvalue weighted by molar-refractivity contribution is -0.145. The number of carbonyl (C=O) groups is 2. The molecule has 2 aliphatic rings. The molecule has 1 aromatic carbocycles. The molecule has 0 aromatic heterocycles. The molecule has 0 aliphatic carbocycles. The van der Waals surface area contributed by atoms with Gasteiger partial charge in [-0.05, 0) is 36.5 Å². The molecule has 0 spiro atoms. The van der Waals surface area contributed by atoms with E-state index in [-0.39, 0.29) is 47.8 Å². The fourth-order valence-electron chi connectivity index (χ4n) is 3.99. The van der Waals surface area contributed by atoms with Crippen LogP contribution in [-0.2, 0) is 16.1 Å². The highest BCUT2D eigenvalue weighted by molar-refractivity contribution is 14.0. The maximum absolute atomic E-state index is 12.3. The van der Waals surface area contributed by atoms with E-state index in [2.05, 4.69) is 27.4 Å². The second kappa shape index (κ2) is 11.4. The number of likely N-dealkylation sites (tertiary alicyclic amines) is 2. The van der Waals surface area contributed by atoms with E-state index in [0.29, 0.717) is 13.1 Å². The minimum absolute atomic E-state index is 0. The molecule has 8 nitrogen and oxygen atoms in total. The number of hydrogen-bond donors (Lipinski definition) is 2. The quantitative estimate of drug-likeness (QED) is 0.271. The van der Waals surface area contributed by atoms with Crippen molar-refractivity contribution in [3.63, 3.8) is 0 Å². The number of rotatable bonds is 4. The fraction of sp³-hybridized carbons (Fsp3) is 0.571. The third-order valence-electron chi connectivity index (χ3n) is 5.65. The average Bonchev–Trinajstić information content (AvgIpc) is 3.38. The summed E-state index contributed by atoms with van der Waals surface area (Å²) in [7, 11) is 3.17. The molecule has 2 fully saturated rings. The molecule has 1 aromatic rings. The Hall–Kier alpha value is -2.04. The summed E-state index contributed by atoms with van der Waals surface area (Å²) < 4.78 is 4.91. The topological polar surface area (TPSA) is 86.3 Å². The van der Waals surface area contributed by atoms with Crippen molar-refractivity contribution in [1.82, 2.24) is 15.1 Å². The SMILES string of the molecule is CN=C(NCc1cccc(NC(=O)N2CCCC2)c1)N1CC(C)C(C(=O)OC)C1.I. The number of anilines is 1. The number of esters is 1. The Labute approximate surface area is 195 Å². The number of nitrogens with zero attached hydrogens (tertiary/aromatic N) is 3. The first kappa shape index (κ1) is 24.2. The van der Waals surface area contributed by atoms with E-state index in [1.165, 1.54) is 7.11 Å².